The SMILES string of the molecule is CC1(C)OB(C(F)=Cc2c(-c3ccco3)n[nH]c2C2CC2)OC1(C)C. The fourth-order valence-corrected chi connectivity index (χ4v) is 2.96. The number of hydrogen-bond donors (Lipinski definition) is 1. The van der Waals surface area contributed by atoms with Gasteiger partial charge in [-0.2, -0.15) is 5.10 Å². The Hall–Kier alpha value is -1.86. The molecule has 4 rings (SSSR count). The van der Waals surface area contributed by atoms with Crippen molar-refractivity contribution in [2.24, 2.45) is 0 Å². The number of halogens is 1. The number of nitrogens with zero attached hydrogens (tertiary/aromatic N) is 1. The fraction of sp³-hybridized carbons (Fsp3) is 0.500. The minimum Gasteiger partial charge on any atom is -0.463 e. The highest BCUT2D eigenvalue weighted by Crippen LogP contribution is 2.44. The molecule has 0 atom stereocenters. The number of furan rings is 1. The van der Waals surface area contributed by atoms with Crippen LogP contribution in [0, 0.1) is 0 Å². The third kappa shape index (κ3) is 2.85. The molecule has 1 aliphatic carbocycles. The Kier molecular flexibility index (Phi) is 3.70. The summed E-state index contributed by atoms with van der Waals surface area (Å²) in [6.45, 7) is 7.62. The van der Waals surface area contributed by atoms with E-state index in [0.29, 0.717) is 22.9 Å². The second kappa shape index (κ2) is 5.57. The summed E-state index contributed by atoms with van der Waals surface area (Å²) >= 11 is 0. The van der Waals surface area contributed by atoms with Gasteiger partial charge in [0.05, 0.1) is 17.5 Å². The second-order valence-electron chi connectivity index (χ2n) is 7.77. The minimum atomic E-state index is -1.02. The summed E-state index contributed by atoms with van der Waals surface area (Å²) in [7, 11) is -1.02. The highest BCUT2D eigenvalue weighted by Gasteiger charge is 2.53. The molecule has 1 N–H and O–H groups in total. The van der Waals surface area contributed by atoms with E-state index in [4.69, 9.17) is 13.7 Å². The predicted molar refractivity (Wildman–Crippen MR) is 93.4 cm³/mol. The average Bonchev–Trinajstić information content (AvgIpc) is 2.98. The van der Waals surface area contributed by atoms with Crippen molar-refractivity contribution in [1.29, 1.82) is 0 Å². The highest BCUT2D eigenvalue weighted by molar-refractivity contribution is 6.54. The summed E-state index contributed by atoms with van der Waals surface area (Å²) in [6, 6.07) is 3.61. The molecule has 2 fully saturated rings. The first kappa shape index (κ1) is 16.6. The van der Waals surface area contributed by atoms with Crippen molar-refractivity contribution in [3.8, 4) is 11.5 Å². The molecular formula is C18H22BFN2O3. The first-order chi connectivity index (χ1) is 11.8. The lowest BCUT2D eigenvalue weighted by Gasteiger charge is -2.32. The van der Waals surface area contributed by atoms with Gasteiger partial charge in [-0.05, 0) is 58.7 Å². The lowest BCUT2D eigenvalue weighted by atomic mass is 9.86. The topological polar surface area (TPSA) is 60.3 Å². The summed E-state index contributed by atoms with van der Waals surface area (Å²) in [6.07, 6.45) is 5.22. The van der Waals surface area contributed by atoms with Crippen LogP contribution in [-0.2, 0) is 9.31 Å². The van der Waals surface area contributed by atoms with Gasteiger partial charge in [0.2, 0.25) is 0 Å². The van der Waals surface area contributed by atoms with Gasteiger partial charge in [-0.1, -0.05) is 0 Å². The zero-order valence-electron chi connectivity index (χ0n) is 14.9. The molecule has 0 amide bonds. The van der Waals surface area contributed by atoms with Crippen molar-refractivity contribution >= 4 is 13.2 Å². The van der Waals surface area contributed by atoms with Gasteiger partial charge in [0.1, 0.15) is 11.4 Å². The van der Waals surface area contributed by atoms with E-state index in [0.717, 1.165) is 18.5 Å². The minimum absolute atomic E-state index is 0.397. The van der Waals surface area contributed by atoms with E-state index in [1.54, 1.807) is 12.3 Å². The summed E-state index contributed by atoms with van der Waals surface area (Å²) in [4.78, 5) is 0. The van der Waals surface area contributed by atoms with E-state index < -0.39 is 24.0 Å². The third-order valence-corrected chi connectivity index (χ3v) is 5.33. The standard InChI is InChI=1S/C18H22BFN2O3/c1-17(2)18(3,4)25-19(24-17)14(20)10-12-15(11-7-8-11)21-22-16(12)13-6-5-9-23-13/h5-6,9-11H,7-8H2,1-4H3,(H,21,22). The quantitative estimate of drug-likeness (QED) is 0.831. The molecule has 0 aromatic carbocycles. The van der Waals surface area contributed by atoms with Crippen LogP contribution in [0.4, 0.5) is 4.39 Å². The molecule has 0 bridgehead atoms. The molecule has 1 aliphatic heterocycles. The number of H-pyrrole nitrogens is 1. The molecule has 2 aliphatic rings. The largest absolute Gasteiger partial charge is 0.525 e. The summed E-state index contributed by atoms with van der Waals surface area (Å²) in [5, 5.41) is 7.40. The molecule has 0 radical (unpaired) electrons. The highest BCUT2D eigenvalue weighted by atomic mass is 19.1. The maximum Gasteiger partial charge on any atom is 0.525 e. The predicted octanol–water partition coefficient (Wildman–Crippen LogP) is 4.49. The zero-order chi connectivity index (χ0) is 17.8. The van der Waals surface area contributed by atoms with E-state index in [1.807, 2.05) is 33.8 Å². The van der Waals surface area contributed by atoms with Crippen LogP contribution in [0.1, 0.15) is 57.7 Å². The smallest absolute Gasteiger partial charge is 0.463 e. The van der Waals surface area contributed by atoms with Crippen molar-refractivity contribution in [2.75, 3.05) is 0 Å². The normalized spacial score (nSPS) is 22.6. The molecule has 2 aromatic rings. The van der Waals surface area contributed by atoms with Crippen molar-refractivity contribution < 1.29 is 18.1 Å². The van der Waals surface area contributed by atoms with Gasteiger partial charge < -0.3 is 13.7 Å². The van der Waals surface area contributed by atoms with Crippen molar-refractivity contribution in [1.82, 2.24) is 10.2 Å². The van der Waals surface area contributed by atoms with E-state index >= 15 is 0 Å². The Balaban J connectivity index is 1.70. The van der Waals surface area contributed by atoms with Gasteiger partial charge in [-0.25, -0.2) is 4.39 Å². The molecule has 1 saturated heterocycles. The van der Waals surface area contributed by atoms with Crippen molar-refractivity contribution in [2.45, 2.75) is 57.7 Å². The van der Waals surface area contributed by atoms with Crippen LogP contribution >= 0.6 is 0 Å². The molecule has 1 saturated carbocycles. The Morgan fingerprint density at radius 1 is 1.28 bits per heavy atom. The van der Waals surface area contributed by atoms with E-state index in [9.17, 15) is 4.39 Å². The second-order valence-corrected chi connectivity index (χ2v) is 7.77. The molecule has 2 aromatic heterocycles. The maximum absolute atomic E-state index is 15.0. The number of nitrogens with one attached hydrogen (secondary N) is 1. The van der Waals surface area contributed by atoms with Crippen LogP contribution in [0.15, 0.2) is 28.5 Å². The number of rotatable bonds is 4. The van der Waals surface area contributed by atoms with E-state index in [2.05, 4.69) is 10.2 Å². The Bertz CT molecular complexity index is 790. The van der Waals surface area contributed by atoms with Crippen LogP contribution in [0.2, 0.25) is 0 Å². The van der Waals surface area contributed by atoms with Crippen molar-refractivity contribution in [3.05, 3.63) is 35.4 Å². The zero-order valence-corrected chi connectivity index (χ0v) is 14.9. The molecule has 3 heterocycles. The third-order valence-electron chi connectivity index (χ3n) is 5.33. The number of aromatic nitrogens is 2. The van der Waals surface area contributed by atoms with Gasteiger partial charge in [0.15, 0.2) is 5.76 Å². The van der Waals surface area contributed by atoms with Gasteiger partial charge in [-0.3, -0.25) is 5.10 Å². The molecule has 7 heteroatoms. The lowest BCUT2D eigenvalue weighted by Crippen LogP contribution is -2.41. The first-order valence-corrected chi connectivity index (χ1v) is 8.63. The summed E-state index contributed by atoms with van der Waals surface area (Å²) in [5.41, 5.74) is 0.640. The Morgan fingerprint density at radius 3 is 2.52 bits per heavy atom. The van der Waals surface area contributed by atoms with E-state index in [1.165, 1.54) is 6.08 Å². The molecule has 5 nitrogen and oxygen atoms in total. The molecule has 0 spiro atoms. The average molecular weight is 344 g/mol. The number of aromatic amines is 1. The molecular weight excluding hydrogens is 322 g/mol. The van der Waals surface area contributed by atoms with Crippen LogP contribution in [0.3, 0.4) is 0 Å². The van der Waals surface area contributed by atoms with Crippen molar-refractivity contribution in [3.63, 3.8) is 0 Å². The molecule has 25 heavy (non-hydrogen) atoms. The molecule has 132 valence electrons. The number of hydrogen-bond acceptors (Lipinski definition) is 4. The van der Waals surface area contributed by atoms with E-state index in [-0.39, 0.29) is 0 Å². The van der Waals surface area contributed by atoms with Gasteiger partial charge >= 0.3 is 7.12 Å². The summed E-state index contributed by atoms with van der Waals surface area (Å²) < 4.78 is 32.0. The van der Waals surface area contributed by atoms with Gasteiger partial charge in [0.25, 0.3) is 0 Å². The van der Waals surface area contributed by atoms with Crippen LogP contribution in [0.25, 0.3) is 17.5 Å². The van der Waals surface area contributed by atoms with Gasteiger partial charge in [0, 0.05) is 17.2 Å². The van der Waals surface area contributed by atoms with Crippen LogP contribution in [0.5, 0.6) is 0 Å². The first-order valence-electron chi connectivity index (χ1n) is 8.63. The van der Waals surface area contributed by atoms with Crippen LogP contribution in [-0.4, -0.2) is 28.5 Å². The monoisotopic (exact) mass is 344 g/mol. The fourth-order valence-electron chi connectivity index (χ4n) is 2.96. The van der Waals surface area contributed by atoms with Crippen LogP contribution < -0.4 is 0 Å². The van der Waals surface area contributed by atoms with Gasteiger partial charge in [-0.15, -0.1) is 0 Å². The molecule has 0 unspecified atom stereocenters. The lowest BCUT2D eigenvalue weighted by molar-refractivity contribution is 0.00578. The summed E-state index contributed by atoms with van der Waals surface area (Å²) in [5.74, 6) is 1.00. The Labute approximate surface area is 146 Å². The Morgan fingerprint density at radius 2 is 1.96 bits per heavy atom. The maximum atomic E-state index is 15.0.